The highest BCUT2D eigenvalue weighted by molar-refractivity contribution is 6.09. The van der Waals surface area contributed by atoms with Crippen LogP contribution in [0, 0.1) is 26.6 Å². The van der Waals surface area contributed by atoms with E-state index in [4.69, 9.17) is 4.42 Å². The molecule has 0 fully saturated rings. The lowest BCUT2D eigenvalue weighted by atomic mass is 9.95. The third-order valence-electron chi connectivity index (χ3n) is 5.90. The highest BCUT2D eigenvalue weighted by atomic mass is 19.1. The summed E-state index contributed by atoms with van der Waals surface area (Å²) in [4.78, 5) is 0. The predicted octanol–water partition coefficient (Wildman–Crippen LogP) is 6.81. The van der Waals surface area contributed by atoms with Crippen molar-refractivity contribution in [1.29, 1.82) is 0 Å². The first-order valence-electron chi connectivity index (χ1n) is 10.1. The molecule has 0 aliphatic rings. The van der Waals surface area contributed by atoms with E-state index in [-0.39, 0.29) is 5.82 Å². The minimum Gasteiger partial charge on any atom is -0.455 e. The zero-order valence-corrected chi connectivity index (χ0v) is 17.6. The summed E-state index contributed by atoms with van der Waals surface area (Å²) in [6.45, 7) is 6.33. The van der Waals surface area contributed by atoms with Gasteiger partial charge in [0.05, 0.1) is 5.56 Å². The van der Waals surface area contributed by atoms with Crippen molar-refractivity contribution in [3.05, 3.63) is 89.4 Å². The zero-order chi connectivity index (χ0) is 21.0. The Morgan fingerprint density at radius 3 is 2.30 bits per heavy atom. The highest BCUT2D eigenvalue weighted by Crippen LogP contribution is 2.38. The van der Waals surface area contributed by atoms with Gasteiger partial charge in [-0.2, -0.15) is 0 Å². The fourth-order valence-corrected chi connectivity index (χ4v) is 4.31. The lowest BCUT2D eigenvalue weighted by Gasteiger charge is -2.10. The van der Waals surface area contributed by atoms with Crippen molar-refractivity contribution in [1.82, 2.24) is 0 Å². The first-order valence-corrected chi connectivity index (χ1v) is 10.1. The molecule has 30 heavy (non-hydrogen) atoms. The van der Waals surface area contributed by atoms with Crippen LogP contribution in [0.1, 0.15) is 16.7 Å². The molecule has 2 aromatic heterocycles. The number of hydrogen-bond donors (Lipinski definition) is 0. The van der Waals surface area contributed by atoms with E-state index >= 15 is 0 Å². The second-order valence-electron chi connectivity index (χ2n) is 8.11. The summed E-state index contributed by atoms with van der Waals surface area (Å²) in [5, 5.41) is 1.93. The second-order valence-corrected chi connectivity index (χ2v) is 8.11. The summed E-state index contributed by atoms with van der Waals surface area (Å²) in [5.74, 6) is -0.289. The van der Waals surface area contributed by atoms with Gasteiger partial charge in [-0.15, -0.1) is 0 Å². The van der Waals surface area contributed by atoms with Crippen LogP contribution in [0.25, 0.3) is 44.3 Å². The molecule has 2 nitrogen and oxygen atoms in total. The molecule has 5 aromatic rings. The summed E-state index contributed by atoms with van der Waals surface area (Å²) >= 11 is 0. The minimum atomic E-state index is -0.289. The molecule has 5 rings (SSSR count). The number of aryl methyl sites for hydroxylation is 4. The van der Waals surface area contributed by atoms with Crippen LogP contribution in [-0.4, -0.2) is 0 Å². The number of pyridine rings is 1. The standard InChI is InChI=1S/C27H23FNO/c1-16-5-8-19(9-6-16)23-14-24(29(4)15-18(23)3)26-17(2)7-11-22-21-12-10-20(28)13-25(21)30-27(22)26/h5-15H,1-4H3/q+1. The van der Waals surface area contributed by atoms with Crippen LogP contribution < -0.4 is 4.57 Å². The van der Waals surface area contributed by atoms with E-state index in [1.807, 2.05) is 0 Å². The fraction of sp³-hybridized carbons (Fsp3) is 0.148. The van der Waals surface area contributed by atoms with Crippen molar-refractivity contribution in [2.24, 2.45) is 7.05 Å². The van der Waals surface area contributed by atoms with Gasteiger partial charge in [0.2, 0.25) is 5.69 Å². The average Bonchev–Trinajstić information content (AvgIpc) is 3.07. The molecule has 0 saturated carbocycles. The Labute approximate surface area is 175 Å². The molecule has 0 saturated heterocycles. The van der Waals surface area contributed by atoms with Crippen LogP contribution in [0.4, 0.5) is 4.39 Å². The smallest absolute Gasteiger partial charge is 0.216 e. The number of halogens is 1. The molecule has 3 heteroatoms. The molecule has 0 spiro atoms. The molecule has 2 heterocycles. The quantitative estimate of drug-likeness (QED) is 0.300. The van der Waals surface area contributed by atoms with Crippen LogP contribution in [0.15, 0.2) is 71.3 Å². The minimum absolute atomic E-state index is 0.289. The van der Waals surface area contributed by atoms with Crippen LogP contribution in [0.5, 0.6) is 0 Å². The van der Waals surface area contributed by atoms with Gasteiger partial charge >= 0.3 is 0 Å². The maximum Gasteiger partial charge on any atom is 0.216 e. The van der Waals surface area contributed by atoms with Gasteiger partial charge in [0.25, 0.3) is 0 Å². The zero-order valence-electron chi connectivity index (χ0n) is 17.6. The number of furan rings is 1. The molecular weight excluding hydrogens is 373 g/mol. The summed E-state index contributed by atoms with van der Waals surface area (Å²) in [5.41, 5.74) is 9.44. The average molecular weight is 396 g/mol. The van der Waals surface area contributed by atoms with Crippen molar-refractivity contribution in [3.63, 3.8) is 0 Å². The first kappa shape index (κ1) is 18.6. The Morgan fingerprint density at radius 1 is 0.800 bits per heavy atom. The maximum absolute atomic E-state index is 13.8. The van der Waals surface area contributed by atoms with Crippen molar-refractivity contribution in [2.75, 3.05) is 0 Å². The number of rotatable bonds is 2. The van der Waals surface area contributed by atoms with Gasteiger partial charge in [0.15, 0.2) is 6.20 Å². The lowest BCUT2D eigenvalue weighted by molar-refractivity contribution is -0.660. The van der Waals surface area contributed by atoms with E-state index in [0.29, 0.717) is 5.58 Å². The van der Waals surface area contributed by atoms with E-state index in [9.17, 15) is 4.39 Å². The highest BCUT2D eigenvalue weighted by Gasteiger charge is 2.22. The summed E-state index contributed by atoms with van der Waals surface area (Å²) in [6.07, 6.45) is 2.16. The summed E-state index contributed by atoms with van der Waals surface area (Å²) in [6, 6.07) is 19.8. The van der Waals surface area contributed by atoms with E-state index in [2.05, 4.69) is 81.0 Å². The number of fused-ring (bicyclic) bond motifs is 3. The van der Waals surface area contributed by atoms with E-state index in [1.165, 1.54) is 34.4 Å². The van der Waals surface area contributed by atoms with Crippen LogP contribution in [-0.2, 0) is 7.05 Å². The van der Waals surface area contributed by atoms with Crippen molar-refractivity contribution < 1.29 is 13.4 Å². The Hall–Kier alpha value is -3.46. The van der Waals surface area contributed by atoms with Crippen LogP contribution in [0.3, 0.4) is 0 Å². The number of aromatic nitrogens is 1. The molecule has 0 bridgehead atoms. The molecule has 0 aliphatic heterocycles. The lowest BCUT2D eigenvalue weighted by Crippen LogP contribution is -2.31. The first-order chi connectivity index (χ1) is 14.4. The largest absolute Gasteiger partial charge is 0.455 e. The molecule has 0 radical (unpaired) electrons. The maximum atomic E-state index is 13.8. The predicted molar refractivity (Wildman–Crippen MR) is 120 cm³/mol. The van der Waals surface area contributed by atoms with Gasteiger partial charge in [-0.05, 0) is 49.6 Å². The summed E-state index contributed by atoms with van der Waals surface area (Å²) in [7, 11) is 2.06. The van der Waals surface area contributed by atoms with E-state index in [1.54, 1.807) is 6.07 Å². The van der Waals surface area contributed by atoms with Crippen LogP contribution >= 0.6 is 0 Å². The van der Waals surface area contributed by atoms with E-state index < -0.39 is 0 Å². The topological polar surface area (TPSA) is 17.0 Å². The van der Waals surface area contributed by atoms with Gasteiger partial charge < -0.3 is 4.42 Å². The third-order valence-corrected chi connectivity index (χ3v) is 5.90. The molecule has 0 amide bonds. The molecule has 3 aromatic carbocycles. The number of benzene rings is 3. The van der Waals surface area contributed by atoms with Gasteiger partial charge in [-0.25, -0.2) is 8.96 Å². The molecule has 0 N–H and O–H groups in total. The molecule has 0 unspecified atom stereocenters. The van der Waals surface area contributed by atoms with Crippen molar-refractivity contribution in [3.8, 4) is 22.4 Å². The number of hydrogen-bond acceptors (Lipinski definition) is 1. The van der Waals surface area contributed by atoms with Gasteiger partial charge in [0, 0.05) is 28.5 Å². The van der Waals surface area contributed by atoms with Gasteiger partial charge in [0.1, 0.15) is 24.0 Å². The van der Waals surface area contributed by atoms with E-state index in [0.717, 1.165) is 33.2 Å². The summed E-state index contributed by atoms with van der Waals surface area (Å²) < 4.78 is 22.1. The monoisotopic (exact) mass is 396 g/mol. The number of nitrogens with zero attached hydrogens (tertiary/aromatic N) is 1. The normalized spacial score (nSPS) is 11.5. The van der Waals surface area contributed by atoms with Crippen molar-refractivity contribution >= 4 is 21.9 Å². The third kappa shape index (κ3) is 2.89. The molecule has 148 valence electrons. The van der Waals surface area contributed by atoms with Crippen molar-refractivity contribution in [2.45, 2.75) is 20.8 Å². The van der Waals surface area contributed by atoms with Gasteiger partial charge in [-0.3, -0.25) is 0 Å². The SMILES string of the molecule is Cc1ccc(-c2cc(-c3c(C)ccc4c3oc3cc(F)ccc34)[n+](C)cc2C)cc1. The Balaban J connectivity index is 1.81. The Bertz CT molecular complexity index is 1430. The molecule has 0 aliphatic carbocycles. The Kier molecular flexibility index (Phi) is 4.21. The molecule has 0 atom stereocenters. The Morgan fingerprint density at radius 2 is 1.53 bits per heavy atom. The second kappa shape index (κ2) is 6.81. The van der Waals surface area contributed by atoms with Gasteiger partial charge in [-0.1, -0.05) is 42.0 Å². The van der Waals surface area contributed by atoms with Crippen LogP contribution in [0.2, 0.25) is 0 Å². The fourth-order valence-electron chi connectivity index (χ4n) is 4.31. The molecular formula is C27H23FNO+.